The highest BCUT2D eigenvalue weighted by Crippen LogP contribution is 2.24. The molecule has 0 fully saturated rings. The molecule has 7 heteroatoms. The molecule has 0 aliphatic heterocycles. The van der Waals surface area contributed by atoms with Crippen molar-refractivity contribution in [2.45, 2.75) is 52.7 Å². The van der Waals surface area contributed by atoms with Gasteiger partial charge in [-0.15, -0.1) is 0 Å². The van der Waals surface area contributed by atoms with Crippen LogP contribution in [-0.4, -0.2) is 33.7 Å². The molecule has 0 saturated carbocycles. The predicted molar refractivity (Wildman–Crippen MR) is 121 cm³/mol. The van der Waals surface area contributed by atoms with Crippen LogP contribution in [0.4, 0.5) is 5.69 Å². The van der Waals surface area contributed by atoms with Crippen LogP contribution < -0.4 is 14.4 Å². The Morgan fingerprint density at radius 3 is 2.20 bits per heavy atom. The van der Waals surface area contributed by atoms with Gasteiger partial charge in [0.15, 0.2) is 6.10 Å². The number of carbonyl (C=O) groups is 1. The first-order chi connectivity index (χ1) is 14.1. The standard InChI is InChI=1S/C23H32N2O4S/c1-7-21(20-14-9-16(3)15-17(20)4)24-23(26)22(8-2)29-19-12-10-18(11-13-19)25(5)30(6,27)28/h9-15,21-22H,7-8H2,1-6H3,(H,24,26)/t21-,22+/m0/s1. The number of anilines is 1. The second-order valence-corrected chi connectivity index (χ2v) is 9.58. The Bertz CT molecular complexity index is 971. The van der Waals surface area contributed by atoms with Crippen LogP contribution in [0.25, 0.3) is 0 Å². The Labute approximate surface area is 180 Å². The quantitative estimate of drug-likeness (QED) is 0.647. The minimum absolute atomic E-state index is 0.0819. The fraction of sp³-hybridized carbons (Fsp3) is 0.435. The Balaban J connectivity index is 2.10. The Hall–Kier alpha value is -2.54. The molecule has 1 N–H and O–H groups in total. The number of hydrogen-bond acceptors (Lipinski definition) is 4. The molecule has 30 heavy (non-hydrogen) atoms. The third kappa shape index (κ3) is 5.98. The number of carbonyl (C=O) groups excluding carboxylic acids is 1. The molecular weight excluding hydrogens is 400 g/mol. The lowest BCUT2D eigenvalue weighted by atomic mass is 9.97. The van der Waals surface area contributed by atoms with Crippen LogP contribution in [0.1, 0.15) is 49.4 Å². The van der Waals surface area contributed by atoms with Crippen LogP contribution in [0.15, 0.2) is 42.5 Å². The van der Waals surface area contributed by atoms with E-state index < -0.39 is 16.1 Å². The molecule has 0 aliphatic rings. The van der Waals surface area contributed by atoms with Gasteiger partial charge >= 0.3 is 0 Å². The Morgan fingerprint density at radius 1 is 1.07 bits per heavy atom. The van der Waals surface area contributed by atoms with Gasteiger partial charge in [0, 0.05) is 7.05 Å². The molecular formula is C23H32N2O4S. The number of nitrogens with zero attached hydrogens (tertiary/aromatic N) is 1. The minimum Gasteiger partial charge on any atom is -0.481 e. The number of ether oxygens (including phenoxy) is 1. The number of rotatable bonds is 9. The van der Waals surface area contributed by atoms with Gasteiger partial charge in [-0.3, -0.25) is 9.10 Å². The zero-order valence-electron chi connectivity index (χ0n) is 18.6. The molecule has 2 atom stereocenters. The maximum absolute atomic E-state index is 12.9. The van der Waals surface area contributed by atoms with E-state index in [-0.39, 0.29) is 11.9 Å². The molecule has 1 amide bonds. The molecule has 0 unspecified atom stereocenters. The lowest BCUT2D eigenvalue weighted by molar-refractivity contribution is -0.128. The van der Waals surface area contributed by atoms with Gasteiger partial charge in [0.2, 0.25) is 10.0 Å². The first-order valence-corrected chi connectivity index (χ1v) is 12.0. The van der Waals surface area contributed by atoms with Crippen LogP contribution in [0.3, 0.4) is 0 Å². The van der Waals surface area contributed by atoms with Crippen LogP contribution in [0, 0.1) is 13.8 Å². The molecule has 0 spiro atoms. The third-order valence-electron chi connectivity index (χ3n) is 5.16. The van der Waals surface area contributed by atoms with Crippen LogP contribution in [0.2, 0.25) is 0 Å². The summed E-state index contributed by atoms with van der Waals surface area (Å²) in [5.74, 6) is 0.351. The van der Waals surface area contributed by atoms with E-state index in [1.54, 1.807) is 24.3 Å². The summed E-state index contributed by atoms with van der Waals surface area (Å²) in [4.78, 5) is 12.9. The summed E-state index contributed by atoms with van der Waals surface area (Å²) < 4.78 is 30.4. The Kier molecular flexibility index (Phi) is 7.89. The summed E-state index contributed by atoms with van der Waals surface area (Å²) in [7, 11) is -1.84. The van der Waals surface area contributed by atoms with E-state index in [1.807, 2.05) is 13.8 Å². The first-order valence-electron chi connectivity index (χ1n) is 10.1. The smallest absolute Gasteiger partial charge is 0.261 e. The minimum atomic E-state index is -3.33. The third-order valence-corrected chi connectivity index (χ3v) is 6.37. The highest BCUT2D eigenvalue weighted by atomic mass is 32.2. The molecule has 0 bridgehead atoms. The van der Waals surface area contributed by atoms with Crippen molar-refractivity contribution in [1.29, 1.82) is 0 Å². The molecule has 2 aromatic rings. The number of amides is 1. The van der Waals surface area contributed by atoms with E-state index in [2.05, 4.69) is 37.4 Å². The van der Waals surface area contributed by atoms with E-state index >= 15 is 0 Å². The van der Waals surface area contributed by atoms with Crippen molar-refractivity contribution in [2.75, 3.05) is 17.6 Å². The molecule has 0 aliphatic carbocycles. The summed E-state index contributed by atoms with van der Waals surface area (Å²) in [6.45, 7) is 8.05. The number of nitrogens with one attached hydrogen (secondary N) is 1. The second kappa shape index (κ2) is 9.98. The monoisotopic (exact) mass is 432 g/mol. The average Bonchev–Trinajstić information content (AvgIpc) is 2.69. The van der Waals surface area contributed by atoms with E-state index in [9.17, 15) is 13.2 Å². The zero-order valence-corrected chi connectivity index (χ0v) is 19.4. The summed E-state index contributed by atoms with van der Waals surface area (Å²) in [5, 5.41) is 3.11. The van der Waals surface area contributed by atoms with E-state index in [1.165, 1.54) is 16.9 Å². The molecule has 0 saturated heterocycles. The number of benzene rings is 2. The van der Waals surface area contributed by atoms with E-state index in [0.717, 1.165) is 23.8 Å². The van der Waals surface area contributed by atoms with Crippen molar-refractivity contribution in [2.24, 2.45) is 0 Å². The molecule has 0 aromatic heterocycles. The summed E-state index contributed by atoms with van der Waals surface area (Å²) in [6, 6.07) is 12.8. The van der Waals surface area contributed by atoms with Crippen molar-refractivity contribution in [3.63, 3.8) is 0 Å². The van der Waals surface area contributed by atoms with E-state index in [4.69, 9.17) is 4.74 Å². The lowest BCUT2D eigenvalue weighted by Gasteiger charge is -2.24. The van der Waals surface area contributed by atoms with Gasteiger partial charge in [0.25, 0.3) is 5.91 Å². The fourth-order valence-electron chi connectivity index (χ4n) is 3.29. The second-order valence-electron chi connectivity index (χ2n) is 7.57. The van der Waals surface area contributed by atoms with Gasteiger partial charge in [-0.05, 0) is 62.1 Å². The SMILES string of the molecule is CC[C@H](NC(=O)[C@@H](CC)Oc1ccc(N(C)S(C)(=O)=O)cc1)c1ccc(C)cc1C. The highest BCUT2D eigenvalue weighted by Gasteiger charge is 2.23. The summed E-state index contributed by atoms with van der Waals surface area (Å²) >= 11 is 0. The van der Waals surface area contributed by atoms with Crippen LogP contribution in [-0.2, 0) is 14.8 Å². The number of aryl methyl sites for hydroxylation is 2. The maximum atomic E-state index is 12.9. The zero-order chi connectivity index (χ0) is 22.5. The van der Waals surface area contributed by atoms with Gasteiger partial charge in [-0.2, -0.15) is 0 Å². The maximum Gasteiger partial charge on any atom is 0.261 e. The molecule has 164 valence electrons. The number of sulfonamides is 1. The topological polar surface area (TPSA) is 75.7 Å². The molecule has 2 aromatic carbocycles. The normalized spacial score (nSPS) is 13.4. The van der Waals surface area contributed by atoms with E-state index in [0.29, 0.717) is 17.9 Å². The van der Waals surface area contributed by atoms with Gasteiger partial charge in [-0.25, -0.2) is 8.42 Å². The largest absolute Gasteiger partial charge is 0.481 e. The predicted octanol–water partition coefficient (Wildman–Crippen LogP) is 4.12. The van der Waals surface area contributed by atoms with Gasteiger partial charge in [0.1, 0.15) is 5.75 Å². The molecule has 2 rings (SSSR count). The van der Waals surface area contributed by atoms with Crippen LogP contribution >= 0.6 is 0 Å². The molecule has 6 nitrogen and oxygen atoms in total. The molecule has 0 heterocycles. The summed E-state index contributed by atoms with van der Waals surface area (Å²) in [6.07, 6.45) is 1.80. The number of hydrogen-bond donors (Lipinski definition) is 1. The van der Waals surface area contributed by atoms with Crippen molar-refractivity contribution in [1.82, 2.24) is 5.32 Å². The molecule has 0 radical (unpaired) electrons. The van der Waals surface area contributed by atoms with Crippen molar-refractivity contribution < 1.29 is 17.9 Å². The van der Waals surface area contributed by atoms with Crippen molar-refractivity contribution in [3.05, 3.63) is 59.2 Å². The first kappa shape index (κ1) is 23.7. The van der Waals surface area contributed by atoms with Crippen LogP contribution in [0.5, 0.6) is 5.75 Å². The Morgan fingerprint density at radius 2 is 1.70 bits per heavy atom. The van der Waals surface area contributed by atoms with Crippen molar-refractivity contribution >= 4 is 21.6 Å². The highest BCUT2D eigenvalue weighted by molar-refractivity contribution is 7.92. The average molecular weight is 433 g/mol. The van der Waals surface area contributed by atoms with Gasteiger partial charge in [0.05, 0.1) is 18.0 Å². The lowest BCUT2D eigenvalue weighted by Crippen LogP contribution is -2.40. The fourth-order valence-corrected chi connectivity index (χ4v) is 3.80. The summed E-state index contributed by atoms with van der Waals surface area (Å²) in [5.41, 5.74) is 3.99. The van der Waals surface area contributed by atoms with Gasteiger partial charge < -0.3 is 10.1 Å². The van der Waals surface area contributed by atoms with Gasteiger partial charge in [-0.1, -0.05) is 37.6 Å². The van der Waals surface area contributed by atoms with Crippen molar-refractivity contribution in [3.8, 4) is 5.75 Å².